The molecule has 0 aliphatic heterocycles. The fraction of sp³-hybridized carbons (Fsp3) is 0.417. The van der Waals surface area contributed by atoms with Crippen LogP contribution in [0.3, 0.4) is 0 Å². The summed E-state index contributed by atoms with van der Waals surface area (Å²) >= 11 is 0. The van der Waals surface area contributed by atoms with E-state index in [1.807, 2.05) is 0 Å². The Hall–Kier alpha value is -1.96. The van der Waals surface area contributed by atoms with E-state index in [0.29, 0.717) is 16.3 Å². The summed E-state index contributed by atoms with van der Waals surface area (Å²) in [4.78, 5) is 12.1. The summed E-state index contributed by atoms with van der Waals surface area (Å²) in [5.74, 6) is -0.531. The lowest BCUT2D eigenvalue weighted by Crippen LogP contribution is -2.42. The average Bonchev–Trinajstić information content (AvgIpc) is 2.35. The highest BCUT2D eigenvalue weighted by atomic mass is 19.4. The molecule has 1 aromatic carbocycles. The van der Waals surface area contributed by atoms with E-state index in [4.69, 9.17) is 15.6 Å². The molecule has 3 N–H and O–H groups in total. The van der Waals surface area contributed by atoms with Crippen LogP contribution in [0.15, 0.2) is 24.3 Å². The number of carbonyl (C=O) groups excluding carboxylic acids is 1. The molecule has 0 aromatic heterocycles. The van der Waals surface area contributed by atoms with Crippen molar-refractivity contribution in [3.05, 3.63) is 24.3 Å². The molecular weight excluding hydrogens is 277 g/mol. The number of halogens is 3. The third-order valence-electron chi connectivity index (χ3n) is 2.34. The zero-order valence-corrected chi connectivity index (χ0v) is 10.6. The van der Waals surface area contributed by atoms with Crippen molar-refractivity contribution in [3.63, 3.8) is 0 Å². The molecule has 112 valence electrons. The lowest BCUT2D eigenvalue weighted by Gasteiger charge is -2.23. The van der Waals surface area contributed by atoms with Gasteiger partial charge in [-0.1, -0.05) is 0 Å². The molecule has 0 bridgehead atoms. The SMILES string of the molecule is Nc1ccc(OCC(=O)N(CCO)CC(F)(F)F)cc1. The van der Waals surface area contributed by atoms with Crippen LogP contribution in [0.4, 0.5) is 18.9 Å². The van der Waals surface area contributed by atoms with Crippen LogP contribution in [-0.2, 0) is 4.79 Å². The Morgan fingerprint density at radius 3 is 2.40 bits per heavy atom. The molecule has 0 saturated carbocycles. The number of nitrogens with zero attached hydrogens (tertiary/aromatic N) is 1. The lowest BCUT2D eigenvalue weighted by molar-refractivity contribution is -0.163. The van der Waals surface area contributed by atoms with E-state index in [1.165, 1.54) is 12.1 Å². The Morgan fingerprint density at radius 1 is 1.30 bits per heavy atom. The quantitative estimate of drug-likeness (QED) is 0.768. The van der Waals surface area contributed by atoms with Crippen molar-refractivity contribution in [2.45, 2.75) is 6.18 Å². The molecule has 0 fully saturated rings. The number of anilines is 1. The van der Waals surface area contributed by atoms with Crippen molar-refractivity contribution in [3.8, 4) is 5.75 Å². The van der Waals surface area contributed by atoms with E-state index in [2.05, 4.69) is 0 Å². The maximum Gasteiger partial charge on any atom is 0.406 e. The number of hydrogen-bond acceptors (Lipinski definition) is 4. The largest absolute Gasteiger partial charge is 0.484 e. The number of rotatable bonds is 6. The van der Waals surface area contributed by atoms with Gasteiger partial charge >= 0.3 is 6.18 Å². The predicted molar refractivity (Wildman–Crippen MR) is 66.1 cm³/mol. The molecule has 8 heteroatoms. The first kappa shape index (κ1) is 16.1. The second kappa shape index (κ2) is 6.99. The lowest BCUT2D eigenvalue weighted by atomic mass is 10.3. The molecule has 0 heterocycles. The number of alkyl halides is 3. The topological polar surface area (TPSA) is 75.8 Å². The molecule has 0 unspecified atom stereocenters. The summed E-state index contributed by atoms with van der Waals surface area (Å²) in [7, 11) is 0. The zero-order valence-electron chi connectivity index (χ0n) is 10.6. The van der Waals surface area contributed by atoms with Gasteiger partial charge in [-0.3, -0.25) is 4.79 Å². The molecule has 0 spiro atoms. The Morgan fingerprint density at radius 2 is 1.90 bits per heavy atom. The van der Waals surface area contributed by atoms with Gasteiger partial charge in [-0.25, -0.2) is 0 Å². The number of nitrogen functional groups attached to an aromatic ring is 1. The fourth-order valence-corrected chi connectivity index (χ4v) is 1.43. The maximum absolute atomic E-state index is 12.3. The number of aliphatic hydroxyl groups excluding tert-OH is 1. The standard InChI is InChI=1S/C12H15F3N2O3/c13-12(14,15)8-17(5-6-18)11(19)7-20-10-3-1-9(16)2-4-10/h1-4,18H,5-8,16H2. The molecule has 0 aliphatic carbocycles. The van der Waals surface area contributed by atoms with Crippen LogP contribution in [0.1, 0.15) is 0 Å². The number of amides is 1. The monoisotopic (exact) mass is 292 g/mol. The Labute approximate surface area is 113 Å². The average molecular weight is 292 g/mol. The molecule has 1 amide bonds. The molecule has 20 heavy (non-hydrogen) atoms. The second-order valence-corrected chi connectivity index (χ2v) is 4.01. The Kier molecular flexibility index (Phi) is 5.63. The summed E-state index contributed by atoms with van der Waals surface area (Å²) in [5.41, 5.74) is 5.96. The third kappa shape index (κ3) is 5.79. The summed E-state index contributed by atoms with van der Waals surface area (Å²) in [6, 6.07) is 6.09. The van der Waals surface area contributed by atoms with Gasteiger partial charge in [0.1, 0.15) is 12.3 Å². The highest BCUT2D eigenvalue weighted by Crippen LogP contribution is 2.17. The van der Waals surface area contributed by atoms with E-state index >= 15 is 0 Å². The summed E-state index contributed by atoms with van der Waals surface area (Å²) in [5, 5.41) is 8.68. The Balaban J connectivity index is 2.55. The third-order valence-corrected chi connectivity index (χ3v) is 2.34. The van der Waals surface area contributed by atoms with Crippen molar-refractivity contribution in [2.75, 3.05) is 32.0 Å². The highest BCUT2D eigenvalue weighted by molar-refractivity contribution is 5.77. The smallest absolute Gasteiger partial charge is 0.406 e. The molecule has 1 rings (SSSR count). The number of hydrogen-bond donors (Lipinski definition) is 2. The van der Waals surface area contributed by atoms with Gasteiger partial charge in [-0.05, 0) is 24.3 Å². The van der Waals surface area contributed by atoms with Gasteiger partial charge in [-0.15, -0.1) is 0 Å². The van der Waals surface area contributed by atoms with Gasteiger partial charge in [0.15, 0.2) is 6.61 Å². The molecule has 1 aromatic rings. The molecule has 0 atom stereocenters. The van der Waals surface area contributed by atoms with Crippen molar-refractivity contribution in [2.24, 2.45) is 0 Å². The second-order valence-electron chi connectivity index (χ2n) is 4.01. The van der Waals surface area contributed by atoms with Gasteiger partial charge in [0.2, 0.25) is 0 Å². The van der Waals surface area contributed by atoms with Crippen LogP contribution >= 0.6 is 0 Å². The first-order chi connectivity index (χ1) is 9.31. The minimum absolute atomic E-state index is 0.323. The molecule has 0 aliphatic rings. The van der Waals surface area contributed by atoms with E-state index < -0.39 is 38.4 Å². The number of ether oxygens (including phenoxy) is 1. The summed E-state index contributed by atoms with van der Waals surface area (Å²) in [6.07, 6.45) is -4.52. The van der Waals surface area contributed by atoms with Gasteiger partial charge in [-0.2, -0.15) is 13.2 Å². The number of carbonyl (C=O) groups is 1. The van der Waals surface area contributed by atoms with Gasteiger partial charge in [0.25, 0.3) is 5.91 Å². The molecular formula is C12H15F3N2O3. The van der Waals surface area contributed by atoms with Crippen LogP contribution in [0, 0.1) is 0 Å². The van der Waals surface area contributed by atoms with Crippen molar-refractivity contribution >= 4 is 11.6 Å². The van der Waals surface area contributed by atoms with Crippen molar-refractivity contribution < 1.29 is 27.8 Å². The van der Waals surface area contributed by atoms with Crippen molar-refractivity contribution in [1.82, 2.24) is 4.90 Å². The normalized spacial score (nSPS) is 11.2. The van der Waals surface area contributed by atoms with Crippen molar-refractivity contribution in [1.29, 1.82) is 0 Å². The molecule has 0 saturated heterocycles. The van der Waals surface area contributed by atoms with Gasteiger partial charge in [0.05, 0.1) is 6.61 Å². The van der Waals surface area contributed by atoms with Crippen LogP contribution in [0.5, 0.6) is 5.75 Å². The first-order valence-corrected chi connectivity index (χ1v) is 5.75. The van der Waals surface area contributed by atoms with Gasteiger partial charge in [0, 0.05) is 12.2 Å². The minimum Gasteiger partial charge on any atom is -0.484 e. The van der Waals surface area contributed by atoms with Crippen LogP contribution < -0.4 is 10.5 Å². The van der Waals surface area contributed by atoms with E-state index in [0.717, 1.165) is 0 Å². The highest BCUT2D eigenvalue weighted by Gasteiger charge is 2.32. The zero-order chi connectivity index (χ0) is 15.2. The summed E-state index contributed by atoms with van der Waals surface area (Å²) < 4.78 is 41.9. The van der Waals surface area contributed by atoms with E-state index in [1.54, 1.807) is 12.1 Å². The predicted octanol–water partition coefficient (Wildman–Crippen LogP) is 1.03. The number of aliphatic hydroxyl groups is 1. The number of nitrogens with two attached hydrogens (primary N) is 1. The van der Waals surface area contributed by atoms with Gasteiger partial charge < -0.3 is 20.5 Å². The number of benzene rings is 1. The molecule has 5 nitrogen and oxygen atoms in total. The summed E-state index contributed by atoms with van der Waals surface area (Å²) in [6.45, 7) is -2.91. The Bertz CT molecular complexity index is 435. The van der Waals surface area contributed by atoms with E-state index in [9.17, 15) is 18.0 Å². The van der Waals surface area contributed by atoms with Crippen LogP contribution in [-0.4, -0.2) is 48.4 Å². The fourth-order valence-electron chi connectivity index (χ4n) is 1.43. The van der Waals surface area contributed by atoms with Crippen LogP contribution in [0.25, 0.3) is 0 Å². The van der Waals surface area contributed by atoms with Crippen LogP contribution in [0.2, 0.25) is 0 Å². The minimum atomic E-state index is -4.52. The first-order valence-electron chi connectivity index (χ1n) is 5.75. The molecule has 0 radical (unpaired) electrons. The van der Waals surface area contributed by atoms with E-state index in [-0.39, 0.29) is 0 Å². The maximum atomic E-state index is 12.3.